The predicted octanol–water partition coefficient (Wildman–Crippen LogP) is 3.29. The molecule has 0 aliphatic heterocycles. The Hall–Kier alpha value is -2.05. The summed E-state index contributed by atoms with van der Waals surface area (Å²) in [7, 11) is 0. The van der Waals surface area contributed by atoms with Crippen LogP contribution in [0, 0.1) is 33.1 Å². The molecule has 1 amide bonds. The summed E-state index contributed by atoms with van der Waals surface area (Å²) in [4.78, 5) is 21.3. The van der Waals surface area contributed by atoms with Crippen LogP contribution in [0.4, 0.5) is 14.5 Å². The van der Waals surface area contributed by atoms with Gasteiger partial charge in [-0.1, -0.05) is 27.7 Å². The second kappa shape index (κ2) is 6.15. The Labute approximate surface area is 121 Å². The molecule has 0 bridgehead atoms. The second-order valence-electron chi connectivity index (χ2n) is 5.87. The normalized spacial score (nSPS) is 11.6. The van der Waals surface area contributed by atoms with Crippen LogP contribution in [0.1, 0.15) is 38.1 Å². The first-order chi connectivity index (χ1) is 9.56. The monoisotopic (exact) mass is 300 g/mol. The van der Waals surface area contributed by atoms with Gasteiger partial charge in [-0.25, -0.2) is 4.39 Å². The van der Waals surface area contributed by atoms with Crippen LogP contribution in [0.5, 0.6) is 0 Å². The molecule has 0 atom stereocenters. The molecule has 0 aliphatic rings. The number of hydrogen-bond acceptors (Lipinski definition) is 3. The Balaban J connectivity index is 2.94. The Morgan fingerprint density at radius 3 is 2.38 bits per heavy atom. The van der Waals surface area contributed by atoms with E-state index in [1.165, 1.54) is 0 Å². The number of rotatable bonds is 5. The molecule has 0 saturated carbocycles. The molecule has 5 nitrogen and oxygen atoms in total. The molecule has 0 spiro atoms. The smallest absolute Gasteiger partial charge is 0.307 e. The molecule has 0 fully saturated rings. The molecule has 0 radical (unpaired) electrons. The molecule has 0 aliphatic carbocycles. The van der Waals surface area contributed by atoms with Gasteiger partial charge in [0.25, 0.3) is 5.91 Å². The zero-order valence-electron chi connectivity index (χ0n) is 12.4. The second-order valence-corrected chi connectivity index (χ2v) is 5.87. The van der Waals surface area contributed by atoms with Gasteiger partial charge >= 0.3 is 5.69 Å². The molecule has 1 aromatic rings. The Morgan fingerprint density at radius 2 is 1.90 bits per heavy atom. The van der Waals surface area contributed by atoms with E-state index in [1.54, 1.807) is 0 Å². The molecule has 1 aromatic carbocycles. The van der Waals surface area contributed by atoms with E-state index in [1.807, 2.05) is 27.7 Å². The maximum Gasteiger partial charge on any atom is 0.307 e. The topological polar surface area (TPSA) is 72.2 Å². The minimum atomic E-state index is -1.24. The van der Waals surface area contributed by atoms with Gasteiger partial charge in [0.1, 0.15) is 5.82 Å². The third kappa shape index (κ3) is 3.96. The van der Waals surface area contributed by atoms with Crippen molar-refractivity contribution in [2.75, 3.05) is 6.54 Å². The average Bonchev–Trinajstić information content (AvgIpc) is 2.37. The molecule has 0 heterocycles. The number of nitrogens with one attached hydrogen (secondary N) is 1. The third-order valence-corrected chi connectivity index (χ3v) is 3.75. The molecule has 0 unspecified atom stereocenters. The number of nitrogens with zero attached hydrogens (tertiary/aromatic N) is 1. The lowest BCUT2D eigenvalue weighted by Crippen LogP contribution is -2.37. The molecule has 116 valence electrons. The molecule has 1 N–H and O–H groups in total. The third-order valence-electron chi connectivity index (χ3n) is 3.75. The van der Waals surface area contributed by atoms with Gasteiger partial charge in [-0.3, -0.25) is 14.9 Å². The summed E-state index contributed by atoms with van der Waals surface area (Å²) in [5.41, 5.74) is -1.75. The van der Waals surface area contributed by atoms with E-state index < -0.39 is 33.7 Å². The summed E-state index contributed by atoms with van der Waals surface area (Å²) in [5, 5.41) is 13.0. The van der Waals surface area contributed by atoms with Crippen LogP contribution in [0.3, 0.4) is 0 Å². The Kier molecular flexibility index (Phi) is 4.98. The van der Waals surface area contributed by atoms with Crippen molar-refractivity contribution in [1.29, 1.82) is 0 Å². The largest absolute Gasteiger partial charge is 0.351 e. The number of nitro benzene ring substituents is 1. The summed E-state index contributed by atoms with van der Waals surface area (Å²) in [5.74, 6) is -2.89. The molecular formula is C14H18F2N2O3. The van der Waals surface area contributed by atoms with Gasteiger partial charge < -0.3 is 5.32 Å². The van der Waals surface area contributed by atoms with Gasteiger partial charge in [-0.2, -0.15) is 4.39 Å². The van der Waals surface area contributed by atoms with Crippen LogP contribution in [-0.4, -0.2) is 17.4 Å². The summed E-state index contributed by atoms with van der Waals surface area (Å²) < 4.78 is 27.1. The van der Waals surface area contributed by atoms with Crippen molar-refractivity contribution in [3.05, 3.63) is 39.4 Å². The summed E-state index contributed by atoms with van der Waals surface area (Å²) in [6.07, 6.45) is 0. The first-order valence-electron chi connectivity index (χ1n) is 6.48. The van der Waals surface area contributed by atoms with E-state index in [0.717, 1.165) is 0 Å². The lowest BCUT2D eigenvalue weighted by Gasteiger charge is -2.29. The number of carbonyl (C=O) groups excluding carboxylic acids is 1. The van der Waals surface area contributed by atoms with Crippen molar-refractivity contribution in [2.45, 2.75) is 27.7 Å². The zero-order valence-corrected chi connectivity index (χ0v) is 12.4. The van der Waals surface area contributed by atoms with E-state index in [2.05, 4.69) is 5.32 Å². The van der Waals surface area contributed by atoms with Gasteiger partial charge in [0.05, 0.1) is 16.6 Å². The number of halogens is 2. The molecule has 7 heteroatoms. The quantitative estimate of drug-likeness (QED) is 0.670. The number of benzene rings is 1. The lowest BCUT2D eigenvalue weighted by molar-refractivity contribution is -0.387. The van der Waals surface area contributed by atoms with Crippen molar-refractivity contribution in [3.63, 3.8) is 0 Å². The van der Waals surface area contributed by atoms with Crippen molar-refractivity contribution in [2.24, 2.45) is 11.3 Å². The lowest BCUT2D eigenvalue weighted by atomic mass is 9.81. The average molecular weight is 300 g/mol. The standard InChI is InChI=1S/C14H18F2N2O3/c1-8(2)14(3,4)7-17-13(19)9-5-11(16)12(18(20)21)6-10(9)15/h5-6,8H,7H2,1-4H3,(H,17,19). The molecule has 1 rings (SSSR count). The van der Waals surface area contributed by atoms with Crippen molar-refractivity contribution < 1.29 is 18.5 Å². The number of nitro groups is 1. The molecule has 21 heavy (non-hydrogen) atoms. The molecule has 0 aromatic heterocycles. The first kappa shape index (κ1) is 17.0. The highest BCUT2D eigenvalue weighted by Gasteiger charge is 2.25. The fourth-order valence-corrected chi connectivity index (χ4v) is 1.46. The summed E-state index contributed by atoms with van der Waals surface area (Å²) in [6.45, 7) is 8.12. The highest BCUT2D eigenvalue weighted by Crippen LogP contribution is 2.25. The van der Waals surface area contributed by atoms with Crippen LogP contribution < -0.4 is 5.32 Å². The van der Waals surface area contributed by atoms with Crippen molar-refractivity contribution >= 4 is 11.6 Å². The maximum atomic E-state index is 13.7. The summed E-state index contributed by atoms with van der Waals surface area (Å²) >= 11 is 0. The van der Waals surface area contributed by atoms with Crippen LogP contribution in [-0.2, 0) is 0 Å². The van der Waals surface area contributed by atoms with Gasteiger partial charge in [0.2, 0.25) is 5.82 Å². The molecule has 0 saturated heterocycles. The zero-order chi connectivity index (χ0) is 16.4. The maximum absolute atomic E-state index is 13.7. The van der Waals surface area contributed by atoms with E-state index in [0.29, 0.717) is 12.1 Å². The van der Waals surface area contributed by atoms with E-state index in [4.69, 9.17) is 0 Å². The number of hydrogen-bond donors (Lipinski definition) is 1. The van der Waals surface area contributed by atoms with Crippen LogP contribution >= 0.6 is 0 Å². The van der Waals surface area contributed by atoms with E-state index in [-0.39, 0.29) is 17.9 Å². The van der Waals surface area contributed by atoms with Crippen LogP contribution in [0.15, 0.2) is 12.1 Å². The van der Waals surface area contributed by atoms with Crippen LogP contribution in [0.2, 0.25) is 0 Å². The van der Waals surface area contributed by atoms with Gasteiger partial charge in [0.15, 0.2) is 0 Å². The van der Waals surface area contributed by atoms with Gasteiger partial charge in [-0.15, -0.1) is 0 Å². The van der Waals surface area contributed by atoms with Crippen molar-refractivity contribution in [3.8, 4) is 0 Å². The fourth-order valence-electron chi connectivity index (χ4n) is 1.46. The minimum absolute atomic E-state index is 0.217. The predicted molar refractivity (Wildman–Crippen MR) is 74.0 cm³/mol. The minimum Gasteiger partial charge on any atom is -0.351 e. The van der Waals surface area contributed by atoms with Crippen molar-refractivity contribution in [1.82, 2.24) is 5.32 Å². The number of carbonyl (C=O) groups is 1. The molecular weight excluding hydrogens is 282 g/mol. The SMILES string of the molecule is CC(C)C(C)(C)CNC(=O)c1cc(F)c([N+](=O)[O-])cc1F. The Bertz CT molecular complexity index is 572. The fraction of sp³-hybridized carbons (Fsp3) is 0.500. The Morgan fingerprint density at radius 1 is 1.33 bits per heavy atom. The highest BCUT2D eigenvalue weighted by molar-refractivity contribution is 5.94. The van der Waals surface area contributed by atoms with Crippen LogP contribution in [0.25, 0.3) is 0 Å². The number of amides is 1. The summed E-state index contributed by atoms with van der Waals surface area (Å²) in [6, 6.07) is 0.961. The highest BCUT2D eigenvalue weighted by atomic mass is 19.1. The van der Waals surface area contributed by atoms with Gasteiger partial charge in [-0.05, 0) is 17.4 Å². The van der Waals surface area contributed by atoms with Gasteiger partial charge in [0, 0.05) is 6.54 Å². The van der Waals surface area contributed by atoms with E-state index in [9.17, 15) is 23.7 Å². The van der Waals surface area contributed by atoms with E-state index >= 15 is 0 Å². The first-order valence-corrected chi connectivity index (χ1v) is 6.48.